The predicted molar refractivity (Wildman–Crippen MR) is 79.4 cm³/mol. The van der Waals surface area contributed by atoms with Gasteiger partial charge in [-0.1, -0.05) is 0 Å². The lowest BCUT2D eigenvalue weighted by atomic mass is 10.1. The molecule has 0 heterocycles. The highest BCUT2D eigenvalue weighted by atomic mass is 16.5. The number of carbonyl (C=O) groups is 1. The Kier molecular flexibility index (Phi) is 6.87. The number of methoxy groups -OCH3 is 2. The molecule has 20 heavy (non-hydrogen) atoms. The maximum absolute atomic E-state index is 12.0. The van der Waals surface area contributed by atoms with E-state index in [1.807, 2.05) is 32.3 Å². The standard InChI is InChI=1S/C15H24N2O3/c1-16-7-8-17(2)15(18)6-5-12-9-13(19-3)11-14(10-12)20-4/h9-11,16H,5-8H2,1-4H3. The number of aryl methyl sites for hydroxylation is 1. The Morgan fingerprint density at radius 3 is 2.30 bits per heavy atom. The van der Waals surface area contributed by atoms with Gasteiger partial charge < -0.3 is 19.7 Å². The zero-order valence-corrected chi connectivity index (χ0v) is 12.7. The third-order valence-electron chi connectivity index (χ3n) is 3.16. The van der Waals surface area contributed by atoms with E-state index in [2.05, 4.69) is 5.32 Å². The van der Waals surface area contributed by atoms with E-state index in [0.29, 0.717) is 12.8 Å². The summed E-state index contributed by atoms with van der Waals surface area (Å²) in [5.74, 6) is 1.63. The van der Waals surface area contributed by atoms with Crippen molar-refractivity contribution in [3.05, 3.63) is 23.8 Å². The van der Waals surface area contributed by atoms with Crippen LogP contribution in [0.3, 0.4) is 0 Å². The third kappa shape index (κ3) is 5.09. The monoisotopic (exact) mass is 280 g/mol. The van der Waals surface area contributed by atoms with Crippen molar-refractivity contribution in [2.75, 3.05) is 41.4 Å². The fraction of sp³-hybridized carbons (Fsp3) is 0.533. The van der Waals surface area contributed by atoms with Crippen LogP contribution in [0.1, 0.15) is 12.0 Å². The topological polar surface area (TPSA) is 50.8 Å². The summed E-state index contributed by atoms with van der Waals surface area (Å²) in [5, 5.41) is 3.03. The molecule has 5 heteroatoms. The molecule has 0 radical (unpaired) electrons. The molecular weight excluding hydrogens is 256 g/mol. The number of amides is 1. The van der Waals surface area contributed by atoms with E-state index in [0.717, 1.165) is 30.2 Å². The van der Waals surface area contributed by atoms with Crippen LogP contribution in [0.25, 0.3) is 0 Å². The van der Waals surface area contributed by atoms with Gasteiger partial charge in [0.15, 0.2) is 0 Å². The van der Waals surface area contributed by atoms with E-state index in [1.54, 1.807) is 19.1 Å². The minimum Gasteiger partial charge on any atom is -0.497 e. The van der Waals surface area contributed by atoms with Gasteiger partial charge in [0.05, 0.1) is 14.2 Å². The van der Waals surface area contributed by atoms with Crippen LogP contribution in [-0.2, 0) is 11.2 Å². The van der Waals surface area contributed by atoms with E-state index < -0.39 is 0 Å². The zero-order chi connectivity index (χ0) is 15.0. The second kappa shape index (κ2) is 8.43. The molecule has 1 N–H and O–H groups in total. The Bertz CT molecular complexity index is 413. The number of hydrogen-bond acceptors (Lipinski definition) is 4. The van der Waals surface area contributed by atoms with Crippen LogP contribution in [0.5, 0.6) is 11.5 Å². The molecule has 0 atom stereocenters. The molecule has 112 valence electrons. The van der Waals surface area contributed by atoms with E-state index in [1.165, 1.54) is 0 Å². The van der Waals surface area contributed by atoms with Crippen molar-refractivity contribution in [3.63, 3.8) is 0 Å². The van der Waals surface area contributed by atoms with Crippen LogP contribution in [0.4, 0.5) is 0 Å². The number of nitrogens with zero attached hydrogens (tertiary/aromatic N) is 1. The molecule has 0 spiro atoms. The second-order valence-corrected chi connectivity index (χ2v) is 4.64. The predicted octanol–water partition coefficient (Wildman–Crippen LogP) is 1.31. The van der Waals surface area contributed by atoms with Gasteiger partial charge in [-0.15, -0.1) is 0 Å². The minimum absolute atomic E-state index is 0.141. The highest BCUT2D eigenvalue weighted by Gasteiger charge is 2.09. The Morgan fingerprint density at radius 1 is 1.20 bits per heavy atom. The summed E-state index contributed by atoms with van der Waals surface area (Å²) >= 11 is 0. The molecule has 0 bridgehead atoms. The molecule has 5 nitrogen and oxygen atoms in total. The summed E-state index contributed by atoms with van der Waals surface area (Å²) < 4.78 is 10.4. The van der Waals surface area contributed by atoms with Crippen molar-refractivity contribution in [1.29, 1.82) is 0 Å². The first-order chi connectivity index (χ1) is 9.60. The summed E-state index contributed by atoms with van der Waals surface area (Å²) in [6, 6.07) is 5.69. The number of rotatable bonds is 8. The Morgan fingerprint density at radius 2 is 1.80 bits per heavy atom. The van der Waals surface area contributed by atoms with Crippen molar-refractivity contribution in [1.82, 2.24) is 10.2 Å². The summed E-state index contributed by atoms with van der Waals surface area (Å²) in [6.07, 6.45) is 1.16. The van der Waals surface area contributed by atoms with Crippen LogP contribution in [0.2, 0.25) is 0 Å². The molecule has 0 aliphatic rings. The summed E-state index contributed by atoms with van der Waals surface area (Å²) in [6.45, 7) is 1.52. The van der Waals surface area contributed by atoms with Gasteiger partial charge in [0, 0.05) is 32.6 Å². The molecule has 1 rings (SSSR count). The van der Waals surface area contributed by atoms with E-state index in [-0.39, 0.29) is 5.91 Å². The Hall–Kier alpha value is -1.75. The highest BCUT2D eigenvalue weighted by Crippen LogP contribution is 2.23. The molecule has 0 aliphatic heterocycles. The van der Waals surface area contributed by atoms with Gasteiger partial charge in [0.25, 0.3) is 0 Å². The lowest BCUT2D eigenvalue weighted by Crippen LogP contribution is -2.32. The summed E-state index contributed by atoms with van der Waals surface area (Å²) in [5.41, 5.74) is 1.04. The lowest BCUT2D eigenvalue weighted by Gasteiger charge is -2.17. The van der Waals surface area contributed by atoms with Crippen LogP contribution < -0.4 is 14.8 Å². The number of benzene rings is 1. The third-order valence-corrected chi connectivity index (χ3v) is 3.16. The van der Waals surface area contributed by atoms with Gasteiger partial charge >= 0.3 is 0 Å². The maximum atomic E-state index is 12.0. The molecule has 0 aliphatic carbocycles. The number of hydrogen-bond donors (Lipinski definition) is 1. The zero-order valence-electron chi connectivity index (χ0n) is 12.7. The number of likely N-dealkylation sites (N-methyl/N-ethyl adjacent to an activating group) is 2. The smallest absolute Gasteiger partial charge is 0.222 e. The molecule has 1 aromatic rings. The van der Waals surface area contributed by atoms with E-state index in [9.17, 15) is 4.79 Å². The van der Waals surface area contributed by atoms with Crippen molar-refractivity contribution in [2.24, 2.45) is 0 Å². The second-order valence-electron chi connectivity index (χ2n) is 4.64. The molecule has 1 aromatic carbocycles. The number of ether oxygens (including phenoxy) is 2. The molecule has 0 saturated carbocycles. The van der Waals surface area contributed by atoms with Crippen molar-refractivity contribution in [2.45, 2.75) is 12.8 Å². The fourth-order valence-corrected chi connectivity index (χ4v) is 1.86. The Balaban J connectivity index is 2.58. The van der Waals surface area contributed by atoms with Gasteiger partial charge in [-0.2, -0.15) is 0 Å². The molecule has 0 aromatic heterocycles. The summed E-state index contributed by atoms with van der Waals surface area (Å²) in [4.78, 5) is 13.7. The first-order valence-electron chi connectivity index (χ1n) is 6.71. The first-order valence-corrected chi connectivity index (χ1v) is 6.71. The van der Waals surface area contributed by atoms with Crippen LogP contribution in [-0.4, -0.2) is 52.2 Å². The van der Waals surface area contributed by atoms with Crippen LogP contribution >= 0.6 is 0 Å². The fourth-order valence-electron chi connectivity index (χ4n) is 1.86. The van der Waals surface area contributed by atoms with Crippen LogP contribution in [0.15, 0.2) is 18.2 Å². The molecule has 0 unspecified atom stereocenters. The molecule has 0 saturated heterocycles. The van der Waals surface area contributed by atoms with Crippen molar-refractivity contribution >= 4 is 5.91 Å². The first kappa shape index (κ1) is 16.3. The maximum Gasteiger partial charge on any atom is 0.222 e. The quantitative estimate of drug-likeness (QED) is 0.780. The largest absolute Gasteiger partial charge is 0.497 e. The number of carbonyl (C=O) groups excluding carboxylic acids is 1. The van der Waals surface area contributed by atoms with Gasteiger partial charge in [0.1, 0.15) is 11.5 Å². The summed E-state index contributed by atoms with van der Waals surface area (Å²) in [7, 11) is 6.94. The lowest BCUT2D eigenvalue weighted by molar-refractivity contribution is -0.129. The van der Waals surface area contributed by atoms with Gasteiger partial charge in [-0.25, -0.2) is 0 Å². The highest BCUT2D eigenvalue weighted by molar-refractivity contribution is 5.76. The van der Waals surface area contributed by atoms with E-state index >= 15 is 0 Å². The Labute approximate surface area is 120 Å². The van der Waals surface area contributed by atoms with E-state index in [4.69, 9.17) is 9.47 Å². The molecular formula is C15H24N2O3. The minimum atomic E-state index is 0.141. The number of nitrogens with one attached hydrogen (secondary N) is 1. The SMILES string of the molecule is CNCCN(C)C(=O)CCc1cc(OC)cc(OC)c1. The molecule has 0 fully saturated rings. The van der Waals surface area contributed by atoms with Gasteiger partial charge in [-0.3, -0.25) is 4.79 Å². The van der Waals surface area contributed by atoms with Gasteiger partial charge in [-0.05, 0) is 31.2 Å². The average Bonchev–Trinajstić information content (AvgIpc) is 2.49. The molecule has 1 amide bonds. The van der Waals surface area contributed by atoms with Crippen molar-refractivity contribution in [3.8, 4) is 11.5 Å². The average molecular weight is 280 g/mol. The van der Waals surface area contributed by atoms with Crippen LogP contribution in [0, 0.1) is 0 Å². The normalized spacial score (nSPS) is 10.2. The van der Waals surface area contributed by atoms with Gasteiger partial charge in [0.2, 0.25) is 5.91 Å². The van der Waals surface area contributed by atoms with Crippen molar-refractivity contribution < 1.29 is 14.3 Å².